The van der Waals surface area contributed by atoms with E-state index in [1.807, 2.05) is 44.2 Å². The molecule has 3 aromatic rings. The van der Waals surface area contributed by atoms with Crippen LogP contribution in [0.4, 0.5) is 0 Å². The number of hydrogen-bond donors (Lipinski definition) is 3. The minimum absolute atomic E-state index is 0.00204. The van der Waals surface area contributed by atoms with E-state index in [0.717, 1.165) is 5.56 Å². The second-order valence-corrected chi connectivity index (χ2v) is 9.93. The standard InChI is InChI=1S/C26H35N9O3/c1-16(2)22-24-27-18(4)32-35(24)14-13-34(26(38)23-17(3)30-33-31-23)12-8-11-21(36)28-20(25(37)29-22)15-19-9-6-5-7-10-19/h5-7,9-10,16,20,22H,8,11-15H2,1-4H3,(H,28,36)(H,29,37)(H,30,31,33)/t20-,22+/m0/s1. The number of amides is 3. The van der Waals surface area contributed by atoms with Gasteiger partial charge >= 0.3 is 0 Å². The maximum Gasteiger partial charge on any atom is 0.276 e. The van der Waals surface area contributed by atoms with Gasteiger partial charge in [0.25, 0.3) is 5.91 Å². The lowest BCUT2D eigenvalue weighted by atomic mass is 10.0. The second kappa shape index (κ2) is 12.0. The van der Waals surface area contributed by atoms with Gasteiger partial charge < -0.3 is 15.5 Å². The predicted octanol–water partition coefficient (Wildman–Crippen LogP) is 1.49. The molecule has 0 unspecified atom stereocenters. The van der Waals surface area contributed by atoms with Crippen molar-refractivity contribution >= 4 is 17.7 Å². The molecule has 12 nitrogen and oxygen atoms in total. The van der Waals surface area contributed by atoms with E-state index in [1.54, 1.807) is 23.4 Å². The molecule has 2 aromatic heterocycles. The molecule has 2 atom stereocenters. The lowest BCUT2D eigenvalue weighted by Gasteiger charge is -2.28. The molecule has 0 spiro atoms. The topological polar surface area (TPSA) is 151 Å². The normalized spacial score (nSPS) is 19.4. The Balaban J connectivity index is 1.66. The molecule has 38 heavy (non-hydrogen) atoms. The van der Waals surface area contributed by atoms with Crippen LogP contribution in [0.3, 0.4) is 0 Å². The number of aryl methyl sites for hydroxylation is 2. The fourth-order valence-electron chi connectivity index (χ4n) is 4.57. The monoisotopic (exact) mass is 521 g/mol. The van der Waals surface area contributed by atoms with Gasteiger partial charge in [0.05, 0.1) is 18.3 Å². The Morgan fingerprint density at radius 3 is 2.50 bits per heavy atom. The van der Waals surface area contributed by atoms with Crippen LogP contribution in [-0.4, -0.2) is 71.9 Å². The van der Waals surface area contributed by atoms with E-state index < -0.39 is 12.1 Å². The smallest absolute Gasteiger partial charge is 0.276 e. The first-order valence-electron chi connectivity index (χ1n) is 12.9. The van der Waals surface area contributed by atoms with E-state index in [1.165, 1.54) is 0 Å². The molecule has 4 rings (SSSR count). The van der Waals surface area contributed by atoms with E-state index >= 15 is 0 Å². The van der Waals surface area contributed by atoms with Gasteiger partial charge in [-0.2, -0.15) is 20.5 Å². The summed E-state index contributed by atoms with van der Waals surface area (Å²) in [5.41, 5.74) is 1.70. The minimum Gasteiger partial charge on any atom is -0.344 e. The number of carbonyl (C=O) groups excluding carboxylic acids is 3. The summed E-state index contributed by atoms with van der Waals surface area (Å²) >= 11 is 0. The van der Waals surface area contributed by atoms with Crippen molar-refractivity contribution in [3.05, 3.63) is 58.9 Å². The van der Waals surface area contributed by atoms with Crippen molar-refractivity contribution in [3.8, 4) is 0 Å². The van der Waals surface area contributed by atoms with Gasteiger partial charge in [-0.3, -0.25) is 14.4 Å². The molecule has 0 bridgehead atoms. The van der Waals surface area contributed by atoms with Crippen LogP contribution in [0, 0.1) is 19.8 Å². The summed E-state index contributed by atoms with van der Waals surface area (Å²) in [6.45, 7) is 8.55. The highest BCUT2D eigenvalue weighted by atomic mass is 16.2. The number of benzene rings is 1. The van der Waals surface area contributed by atoms with Crippen molar-refractivity contribution in [2.24, 2.45) is 5.92 Å². The maximum absolute atomic E-state index is 13.5. The number of nitrogens with zero attached hydrogens (tertiary/aromatic N) is 6. The van der Waals surface area contributed by atoms with E-state index in [-0.39, 0.29) is 35.8 Å². The van der Waals surface area contributed by atoms with Crippen molar-refractivity contribution in [2.45, 2.75) is 65.6 Å². The molecule has 202 valence electrons. The third-order valence-electron chi connectivity index (χ3n) is 6.61. The van der Waals surface area contributed by atoms with Crippen molar-refractivity contribution in [1.29, 1.82) is 0 Å². The molecule has 12 heteroatoms. The summed E-state index contributed by atoms with van der Waals surface area (Å²) in [6.07, 6.45) is 0.943. The highest BCUT2D eigenvalue weighted by Gasteiger charge is 2.30. The zero-order valence-corrected chi connectivity index (χ0v) is 22.3. The Labute approximate surface area is 221 Å². The van der Waals surface area contributed by atoms with Gasteiger partial charge in [-0.05, 0) is 31.7 Å². The molecule has 1 aliphatic heterocycles. The Morgan fingerprint density at radius 1 is 1.05 bits per heavy atom. The van der Waals surface area contributed by atoms with Gasteiger partial charge in [-0.1, -0.05) is 44.2 Å². The van der Waals surface area contributed by atoms with Gasteiger partial charge in [0.2, 0.25) is 11.8 Å². The van der Waals surface area contributed by atoms with E-state index in [2.05, 4.69) is 36.1 Å². The van der Waals surface area contributed by atoms with Gasteiger partial charge in [0, 0.05) is 25.9 Å². The van der Waals surface area contributed by atoms with Crippen LogP contribution < -0.4 is 10.6 Å². The lowest BCUT2D eigenvalue weighted by molar-refractivity contribution is -0.129. The lowest BCUT2D eigenvalue weighted by Crippen LogP contribution is -2.50. The molecule has 0 fully saturated rings. The number of hydrogen-bond acceptors (Lipinski definition) is 7. The summed E-state index contributed by atoms with van der Waals surface area (Å²) in [4.78, 5) is 46.0. The number of aromatic nitrogens is 6. The summed E-state index contributed by atoms with van der Waals surface area (Å²) < 4.78 is 1.76. The van der Waals surface area contributed by atoms with Gasteiger partial charge in [-0.15, -0.1) is 0 Å². The highest BCUT2D eigenvalue weighted by molar-refractivity contribution is 5.93. The zero-order chi connectivity index (χ0) is 27.2. The Bertz CT molecular complexity index is 1270. The number of H-pyrrole nitrogens is 1. The largest absolute Gasteiger partial charge is 0.344 e. The quantitative estimate of drug-likeness (QED) is 0.471. The van der Waals surface area contributed by atoms with Crippen LogP contribution in [0.5, 0.6) is 0 Å². The van der Waals surface area contributed by atoms with Crippen molar-refractivity contribution in [1.82, 2.24) is 45.7 Å². The average molecular weight is 522 g/mol. The molecule has 1 aliphatic rings. The van der Waals surface area contributed by atoms with E-state index in [0.29, 0.717) is 49.8 Å². The molecule has 1 aromatic carbocycles. The number of nitrogens with one attached hydrogen (secondary N) is 3. The maximum atomic E-state index is 13.5. The molecule has 3 N–H and O–H groups in total. The molecule has 0 radical (unpaired) electrons. The van der Waals surface area contributed by atoms with E-state index in [4.69, 9.17) is 0 Å². The zero-order valence-electron chi connectivity index (χ0n) is 22.3. The first-order valence-corrected chi connectivity index (χ1v) is 12.9. The van der Waals surface area contributed by atoms with Crippen molar-refractivity contribution in [3.63, 3.8) is 0 Å². The molecular weight excluding hydrogens is 486 g/mol. The first-order chi connectivity index (χ1) is 18.2. The first kappa shape index (κ1) is 27.0. The van der Waals surface area contributed by atoms with Gasteiger partial charge in [0.15, 0.2) is 5.69 Å². The third kappa shape index (κ3) is 6.42. The molecule has 3 heterocycles. The van der Waals surface area contributed by atoms with E-state index in [9.17, 15) is 14.4 Å². The summed E-state index contributed by atoms with van der Waals surface area (Å²) in [6, 6.07) is 8.38. The third-order valence-corrected chi connectivity index (χ3v) is 6.61. The number of rotatable bonds is 4. The highest BCUT2D eigenvalue weighted by Crippen LogP contribution is 2.21. The van der Waals surface area contributed by atoms with Crippen LogP contribution in [0.15, 0.2) is 30.3 Å². The van der Waals surface area contributed by atoms with Crippen LogP contribution in [0.2, 0.25) is 0 Å². The fraction of sp³-hybridized carbons (Fsp3) is 0.500. The Kier molecular flexibility index (Phi) is 8.49. The molecule has 3 amide bonds. The van der Waals surface area contributed by atoms with Crippen LogP contribution >= 0.6 is 0 Å². The molecule has 0 saturated carbocycles. The molecular formula is C26H35N9O3. The molecule has 0 aliphatic carbocycles. The van der Waals surface area contributed by atoms with Gasteiger partial charge in [0.1, 0.15) is 17.7 Å². The summed E-state index contributed by atoms with van der Waals surface area (Å²) in [5.74, 6) is 0.392. The van der Waals surface area contributed by atoms with Gasteiger partial charge in [-0.25, -0.2) is 9.67 Å². The van der Waals surface area contributed by atoms with Crippen LogP contribution in [0.25, 0.3) is 0 Å². The van der Waals surface area contributed by atoms with Crippen molar-refractivity contribution in [2.75, 3.05) is 13.1 Å². The number of carbonyl (C=O) groups is 3. The van der Waals surface area contributed by atoms with Crippen molar-refractivity contribution < 1.29 is 14.4 Å². The Hall–Kier alpha value is -4.09. The fourth-order valence-corrected chi connectivity index (χ4v) is 4.57. The average Bonchev–Trinajstić information content (AvgIpc) is 3.48. The van der Waals surface area contributed by atoms with Crippen LogP contribution in [-0.2, 0) is 22.6 Å². The summed E-state index contributed by atoms with van der Waals surface area (Å²) in [7, 11) is 0. The Morgan fingerprint density at radius 2 is 1.82 bits per heavy atom. The SMILES string of the molecule is Cc1nc2n(n1)CCN(C(=O)c1n[nH]nc1C)CCCC(=O)N[C@@H](Cc1ccccc1)C(=O)N[C@@H]2C(C)C. The van der Waals surface area contributed by atoms with Crippen LogP contribution in [0.1, 0.15) is 66.1 Å². The predicted molar refractivity (Wildman–Crippen MR) is 139 cm³/mol. The number of fused-ring (bicyclic) bond motifs is 1. The summed E-state index contributed by atoms with van der Waals surface area (Å²) in [5, 5.41) is 21.1. The minimum atomic E-state index is -0.762. The second-order valence-electron chi connectivity index (χ2n) is 9.93. The number of aromatic amines is 1. The molecule has 0 saturated heterocycles.